The SMILES string of the molecule is COC(O)c1ccc2c(c1)c(Cl)cn2C(=O)OC(C)(C)C. The maximum Gasteiger partial charge on any atom is 0.419 e. The standard InChI is InChI=1S/C15H18ClNO4/c1-15(2,3)21-14(19)17-8-11(16)10-7-9(13(18)20-4)5-6-12(10)17/h5-8,13,18H,1-4H3. The third kappa shape index (κ3) is 3.37. The fourth-order valence-electron chi connectivity index (χ4n) is 1.96. The Morgan fingerprint density at radius 2 is 2.05 bits per heavy atom. The molecule has 0 bridgehead atoms. The molecule has 1 N–H and O–H groups in total. The summed E-state index contributed by atoms with van der Waals surface area (Å²) in [5.74, 6) is 0. The topological polar surface area (TPSA) is 60.7 Å². The van der Waals surface area contributed by atoms with E-state index in [4.69, 9.17) is 21.1 Å². The van der Waals surface area contributed by atoms with Crippen LogP contribution in [-0.4, -0.2) is 28.5 Å². The van der Waals surface area contributed by atoms with E-state index in [1.807, 2.05) is 0 Å². The van der Waals surface area contributed by atoms with Crippen molar-refractivity contribution < 1.29 is 19.4 Å². The predicted octanol–water partition coefficient (Wildman–Crippen LogP) is 3.72. The summed E-state index contributed by atoms with van der Waals surface area (Å²) in [6, 6.07) is 5.06. The lowest BCUT2D eigenvalue weighted by molar-refractivity contribution is -0.0768. The van der Waals surface area contributed by atoms with E-state index in [1.165, 1.54) is 17.9 Å². The van der Waals surface area contributed by atoms with Gasteiger partial charge in [-0.25, -0.2) is 4.79 Å². The Morgan fingerprint density at radius 3 is 2.62 bits per heavy atom. The van der Waals surface area contributed by atoms with Crippen LogP contribution in [-0.2, 0) is 9.47 Å². The van der Waals surface area contributed by atoms with Crippen molar-refractivity contribution >= 4 is 28.6 Å². The molecule has 2 rings (SSSR count). The van der Waals surface area contributed by atoms with Crippen molar-refractivity contribution in [2.75, 3.05) is 7.11 Å². The molecule has 0 aliphatic heterocycles. The van der Waals surface area contributed by atoms with Crippen LogP contribution in [0.4, 0.5) is 4.79 Å². The van der Waals surface area contributed by atoms with Crippen LogP contribution in [0, 0.1) is 0 Å². The third-order valence-corrected chi connectivity index (χ3v) is 3.18. The summed E-state index contributed by atoms with van der Waals surface area (Å²) in [5, 5.41) is 10.7. The van der Waals surface area contributed by atoms with E-state index in [-0.39, 0.29) is 0 Å². The number of hydrogen-bond donors (Lipinski definition) is 1. The minimum atomic E-state index is -1.03. The summed E-state index contributed by atoms with van der Waals surface area (Å²) in [6.45, 7) is 5.39. The van der Waals surface area contributed by atoms with E-state index >= 15 is 0 Å². The van der Waals surface area contributed by atoms with Gasteiger partial charge in [-0.05, 0) is 32.9 Å². The molecular weight excluding hydrogens is 294 g/mol. The van der Waals surface area contributed by atoms with Gasteiger partial charge in [0, 0.05) is 24.3 Å². The lowest BCUT2D eigenvalue weighted by Gasteiger charge is -2.19. The number of hydrogen-bond acceptors (Lipinski definition) is 4. The molecule has 0 saturated heterocycles. The highest BCUT2D eigenvalue weighted by molar-refractivity contribution is 6.36. The lowest BCUT2D eigenvalue weighted by atomic mass is 10.1. The molecule has 1 heterocycles. The number of halogens is 1. The van der Waals surface area contributed by atoms with Gasteiger partial charge in [0.2, 0.25) is 0 Å². The number of ether oxygens (including phenoxy) is 2. The Hall–Kier alpha value is -1.56. The van der Waals surface area contributed by atoms with Crippen molar-refractivity contribution in [3.05, 3.63) is 35.0 Å². The molecule has 1 unspecified atom stereocenters. The van der Waals surface area contributed by atoms with Crippen molar-refractivity contribution in [2.45, 2.75) is 32.7 Å². The summed E-state index contributed by atoms with van der Waals surface area (Å²) in [5.41, 5.74) is 0.585. The first-order chi connectivity index (χ1) is 9.73. The summed E-state index contributed by atoms with van der Waals surface area (Å²) in [7, 11) is 1.41. The molecule has 114 valence electrons. The van der Waals surface area contributed by atoms with Gasteiger partial charge in [0.25, 0.3) is 0 Å². The minimum Gasteiger partial charge on any atom is -0.443 e. The van der Waals surface area contributed by atoms with Crippen LogP contribution in [0.5, 0.6) is 0 Å². The van der Waals surface area contributed by atoms with Crippen LogP contribution in [0.25, 0.3) is 10.9 Å². The molecule has 21 heavy (non-hydrogen) atoms. The van der Waals surface area contributed by atoms with E-state index in [9.17, 15) is 9.90 Å². The second-order valence-electron chi connectivity index (χ2n) is 5.69. The Balaban J connectivity index is 2.46. The van der Waals surface area contributed by atoms with Crippen LogP contribution in [0.1, 0.15) is 32.6 Å². The second kappa shape index (κ2) is 5.67. The summed E-state index contributed by atoms with van der Waals surface area (Å²) < 4.78 is 11.5. The number of benzene rings is 1. The molecule has 0 amide bonds. The van der Waals surface area contributed by atoms with E-state index in [1.54, 1.807) is 39.0 Å². The molecule has 0 spiro atoms. The maximum atomic E-state index is 12.2. The summed E-state index contributed by atoms with van der Waals surface area (Å²) in [6.07, 6.45) is -0.0294. The molecule has 0 fully saturated rings. The van der Waals surface area contributed by atoms with Gasteiger partial charge in [0.15, 0.2) is 6.29 Å². The van der Waals surface area contributed by atoms with Crippen molar-refractivity contribution in [2.24, 2.45) is 0 Å². The van der Waals surface area contributed by atoms with Gasteiger partial charge >= 0.3 is 6.09 Å². The molecular formula is C15H18ClNO4. The Kier molecular flexibility index (Phi) is 4.27. The average molecular weight is 312 g/mol. The Bertz CT molecular complexity index is 672. The van der Waals surface area contributed by atoms with Gasteiger partial charge in [-0.15, -0.1) is 0 Å². The fraction of sp³-hybridized carbons (Fsp3) is 0.400. The number of aliphatic hydroxyl groups is 1. The van der Waals surface area contributed by atoms with Gasteiger partial charge in [-0.1, -0.05) is 17.7 Å². The minimum absolute atomic E-state index is 0.404. The molecule has 1 aromatic heterocycles. The quantitative estimate of drug-likeness (QED) is 0.859. The first-order valence-electron chi connectivity index (χ1n) is 6.47. The molecule has 0 radical (unpaired) electrons. The van der Waals surface area contributed by atoms with Crippen LogP contribution in [0.15, 0.2) is 24.4 Å². The number of carbonyl (C=O) groups is 1. The third-order valence-electron chi connectivity index (χ3n) is 2.88. The van der Waals surface area contributed by atoms with Crippen molar-refractivity contribution in [3.8, 4) is 0 Å². The zero-order valence-corrected chi connectivity index (χ0v) is 13.1. The Morgan fingerprint density at radius 1 is 1.38 bits per heavy atom. The highest BCUT2D eigenvalue weighted by Crippen LogP contribution is 2.29. The number of carbonyl (C=O) groups excluding carboxylic acids is 1. The van der Waals surface area contributed by atoms with Crippen LogP contribution in [0.3, 0.4) is 0 Å². The highest BCUT2D eigenvalue weighted by atomic mass is 35.5. The average Bonchev–Trinajstić information content (AvgIpc) is 2.73. The van der Waals surface area contributed by atoms with Crippen molar-refractivity contribution in [1.29, 1.82) is 0 Å². The molecule has 1 aromatic carbocycles. The summed E-state index contributed by atoms with van der Waals surface area (Å²) >= 11 is 6.16. The predicted molar refractivity (Wildman–Crippen MR) is 80.5 cm³/mol. The molecule has 0 aliphatic rings. The molecule has 6 heteroatoms. The number of rotatable bonds is 2. The number of fused-ring (bicyclic) bond motifs is 1. The highest BCUT2D eigenvalue weighted by Gasteiger charge is 2.21. The second-order valence-corrected chi connectivity index (χ2v) is 6.10. The molecule has 0 aliphatic carbocycles. The monoisotopic (exact) mass is 311 g/mol. The van der Waals surface area contributed by atoms with E-state index < -0.39 is 18.0 Å². The van der Waals surface area contributed by atoms with Crippen molar-refractivity contribution in [3.63, 3.8) is 0 Å². The van der Waals surface area contributed by atoms with Gasteiger partial charge < -0.3 is 14.6 Å². The molecule has 5 nitrogen and oxygen atoms in total. The van der Waals surface area contributed by atoms with Crippen LogP contribution >= 0.6 is 11.6 Å². The van der Waals surface area contributed by atoms with Gasteiger partial charge in [0.05, 0.1) is 10.5 Å². The van der Waals surface area contributed by atoms with Gasteiger partial charge in [-0.3, -0.25) is 4.57 Å². The maximum absolute atomic E-state index is 12.2. The van der Waals surface area contributed by atoms with Gasteiger partial charge in [-0.2, -0.15) is 0 Å². The zero-order chi connectivity index (χ0) is 15.8. The van der Waals surface area contributed by atoms with Crippen LogP contribution < -0.4 is 0 Å². The number of aromatic nitrogens is 1. The normalized spacial score (nSPS) is 13.4. The molecule has 2 aromatic rings. The van der Waals surface area contributed by atoms with E-state index in [0.717, 1.165) is 0 Å². The van der Waals surface area contributed by atoms with E-state index in [2.05, 4.69) is 0 Å². The number of aliphatic hydroxyl groups excluding tert-OH is 1. The van der Waals surface area contributed by atoms with E-state index in [0.29, 0.717) is 21.5 Å². The largest absolute Gasteiger partial charge is 0.443 e. The molecule has 0 saturated carbocycles. The van der Waals surface area contributed by atoms with Crippen LogP contribution in [0.2, 0.25) is 5.02 Å². The van der Waals surface area contributed by atoms with Gasteiger partial charge in [0.1, 0.15) is 5.60 Å². The Labute approximate surface area is 128 Å². The van der Waals surface area contributed by atoms with Crippen molar-refractivity contribution in [1.82, 2.24) is 4.57 Å². The molecule has 1 atom stereocenters. The summed E-state index contributed by atoms with van der Waals surface area (Å²) in [4.78, 5) is 12.2. The smallest absolute Gasteiger partial charge is 0.419 e. The number of methoxy groups -OCH3 is 1. The zero-order valence-electron chi connectivity index (χ0n) is 12.4. The fourth-order valence-corrected chi connectivity index (χ4v) is 2.21. The lowest BCUT2D eigenvalue weighted by Crippen LogP contribution is -2.26. The first-order valence-corrected chi connectivity index (χ1v) is 6.85. The first kappa shape index (κ1) is 15.8. The number of nitrogens with zero attached hydrogens (tertiary/aromatic N) is 1.